The molecule has 3 heteroatoms. The van der Waals surface area contributed by atoms with Crippen molar-refractivity contribution in [2.75, 3.05) is 12.3 Å². The lowest BCUT2D eigenvalue weighted by Gasteiger charge is -2.20. The Morgan fingerprint density at radius 2 is 1.90 bits per heavy atom. The third-order valence-corrected chi connectivity index (χ3v) is 4.42. The van der Waals surface area contributed by atoms with Crippen molar-refractivity contribution in [1.29, 1.82) is 0 Å². The summed E-state index contributed by atoms with van der Waals surface area (Å²) in [6.45, 7) is 7.48. The number of rotatable bonds is 6. The van der Waals surface area contributed by atoms with E-state index in [-0.39, 0.29) is 0 Å². The normalized spacial score (nSPS) is 12.3. The molecule has 0 aliphatic heterocycles. The lowest BCUT2D eigenvalue weighted by molar-refractivity contribution is 0.603. The van der Waals surface area contributed by atoms with Crippen LogP contribution in [0.5, 0.6) is 0 Å². The van der Waals surface area contributed by atoms with Crippen molar-refractivity contribution in [3.8, 4) is 0 Å². The van der Waals surface area contributed by atoms with Crippen molar-refractivity contribution in [2.24, 2.45) is 0 Å². The minimum atomic E-state index is 0.388. The first-order valence-electron chi connectivity index (χ1n) is 7.04. The molecule has 2 aromatic rings. The number of hydrogen-bond donors (Lipinski definition) is 1. The van der Waals surface area contributed by atoms with Crippen molar-refractivity contribution >= 4 is 11.8 Å². The van der Waals surface area contributed by atoms with Crippen LogP contribution < -0.4 is 5.32 Å². The minimum absolute atomic E-state index is 0.388. The largest absolute Gasteiger partial charge is 0.309 e. The lowest BCUT2D eigenvalue weighted by atomic mass is 10.0. The molecule has 0 saturated heterocycles. The minimum Gasteiger partial charge on any atom is -0.309 e. The van der Waals surface area contributed by atoms with Crippen LogP contribution in [0.1, 0.15) is 29.7 Å². The predicted molar refractivity (Wildman–Crippen MR) is 87.3 cm³/mol. The number of benzene rings is 1. The molecule has 0 aliphatic rings. The number of hydrogen-bond acceptors (Lipinski definition) is 3. The molecule has 2 nitrogen and oxygen atoms in total. The Labute approximate surface area is 126 Å². The second-order valence-corrected chi connectivity index (χ2v) is 6.06. The Morgan fingerprint density at radius 1 is 1.15 bits per heavy atom. The zero-order valence-corrected chi connectivity index (χ0v) is 13.2. The number of pyridine rings is 1. The fourth-order valence-electron chi connectivity index (χ4n) is 2.34. The maximum atomic E-state index is 4.06. The summed E-state index contributed by atoms with van der Waals surface area (Å²) in [7, 11) is 0. The van der Waals surface area contributed by atoms with Crippen molar-refractivity contribution in [2.45, 2.75) is 31.7 Å². The average molecular weight is 286 g/mol. The zero-order chi connectivity index (χ0) is 14.4. The summed E-state index contributed by atoms with van der Waals surface area (Å²) in [5.41, 5.74) is 4.09. The first kappa shape index (κ1) is 15.1. The van der Waals surface area contributed by atoms with Gasteiger partial charge >= 0.3 is 0 Å². The molecule has 1 N–H and O–H groups in total. The number of thioether (sulfide) groups is 1. The highest BCUT2D eigenvalue weighted by Crippen LogP contribution is 2.26. The summed E-state index contributed by atoms with van der Waals surface area (Å²) in [5.74, 6) is 1.03. The quantitative estimate of drug-likeness (QED) is 0.808. The summed E-state index contributed by atoms with van der Waals surface area (Å²) < 4.78 is 0. The van der Waals surface area contributed by atoms with Crippen LogP contribution in [-0.4, -0.2) is 17.3 Å². The van der Waals surface area contributed by atoms with Gasteiger partial charge in [0.25, 0.3) is 0 Å². The molecule has 0 aliphatic carbocycles. The molecule has 0 saturated carbocycles. The molecule has 0 spiro atoms. The Hall–Kier alpha value is -1.32. The van der Waals surface area contributed by atoms with Crippen molar-refractivity contribution in [3.05, 3.63) is 59.4 Å². The van der Waals surface area contributed by atoms with Gasteiger partial charge in [-0.3, -0.25) is 4.98 Å². The zero-order valence-electron chi connectivity index (χ0n) is 12.4. The standard InChI is InChI=1S/C17H22N2S/c1-4-19-17(12-20-15-7-9-18-10-8-15)16-6-5-13(2)11-14(16)3/h5-11,17,19H,4,12H2,1-3H3. The average Bonchev–Trinajstić information content (AvgIpc) is 2.45. The van der Waals surface area contributed by atoms with E-state index < -0.39 is 0 Å². The molecular formula is C17H22N2S. The monoisotopic (exact) mass is 286 g/mol. The maximum Gasteiger partial charge on any atom is 0.0417 e. The Morgan fingerprint density at radius 3 is 2.55 bits per heavy atom. The highest BCUT2D eigenvalue weighted by molar-refractivity contribution is 7.99. The van der Waals surface area contributed by atoms with Crippen LogP contribution in [-0.2, 0) is 0 Å². The van der Waals surface area contributed by atoms with Crippen molar-refractivity contribution < 1.29 is 0 Å². The molecule has 1 aromatic heterocycles. The fourth-order valence-corrected chi connectivity index (χ4v) is 3.31. The van der Waals surface area contributed by atoms with E-state index in [2.05, 4.69) is 61.4 Å². The van der Waals surface area contributed by atoms with Crippen molar-refractivity contribution in [1.82, 2.24) is 10.3 Å². The first-order valence-corrected chi connectivity index (χ1v) is 8.02. The molecule has 0 bridgehead atoms. The fraction of sp³-hybridized carbons (Fsp3) is 0.353. The van der Waals surface area contributed by atoms with E-state index in [1.807, 2.05) is 24.2 Å². The Kier molecular flexibility index (Phi) is 5.62. The van der Waals surface area contributed by atoms with Gasteiger partial charge in [-0.2, -0.15) is 0 Å². The van der Waals surface area contributed by atoms with Crippen LogP contribution in [0.3, 0.4) is 0 Å². The molecule has 20 heavy (non-hydrogen) atoms. The maximum absolute atomic E-state index is 4.06. The van der Waals surface area contributed by atoms with E-state index in [1.54, 1.807) is 0 Å². The third-order valence-electron chi connectivity index (χ3n) is 3.32. The number of nitrogens with one attached hydrogen (secondary N) is 1. The van der Waals surface area contributed by atoms with Crippen LogP contribution in [0.2, 0.25) is 0 Å². The molecule has 1 aromatic carbocycles. The smallest absolute Gasteiger partial charge is 0.0417 e. The molecule has 106 valence electrons. The van der Waals surface area contributed by atoms with Crippen LogP contribution in [0.4, 0.5) is 0 Å². The van der Waals surface area contributed by atoms with Gasteiger partial charge in [0.1, 0.15) is 0 Å². The molecule has 1 heterocycles. The van der Waals surface area contributed by atoms with Gasteiger partial charge in [-0.05, 0) is 43.7 Å². The molecular weight excluding hydrogens is 264 g/mol. The molecule has 0 fully saturated rings. The van der Waals surface area contributed by atoms with Crippen LogP contribution in [0, 0.1) is 13.8 Å². The summed E-state index contributed by atoms with van der Waals surface area (Å²) in [4.78, 5) is 5.33. The number of nitrogens with zero attached hydrogens (tertiary/aromatic N) is 1. The summed E-state index contributed by atoms with van der Waals surface area (Å²) in [6, 6.07) is 11.2. The van der Waals surface area contributed by atoms with Crippen LogP contribution >= 0.6 is 11.8 Å². The molecule has 0 amide bonds. The SMILES string of the molecule is CCNC(CSc1ccncc1)c1ccc(C)cc1C. The highest BCUT2D eigenvalue weighted by atomic mass is 32.2. The van der Waals surface area contributed by atoms with Gasteiger partial charge in [0.05, 0.1) is 0 Å². The van der Waals surface area contributed by atoms with Gasteiger partial charge in [-0.15, -0.1) is 11.8 Å². The van der Waals surface area contributed by atoms with Crippen molar-refractivity contribution in [3.63, 3.8) is 0 Å². The molecule has 1 atom stereocenters. The lowest BCUT2D eigenvalue weighted by Crippen LogP contribution is -2.23. The molecule has 0 radical (unpaired) electrons. The van der Waals surface area contributed by atoms with Gasteiger partial charge < -0.3 is 5.32 Å². The van der Waals surface area contributed by atoms with Gasteiger partial charge in [-0.1, -0.05) is 30.7 Å². The first-order chi connectivity index (χ1) is 9.70. The number of aromatic nitrogens is 1. The third kappa shape index (κ3) is 4.09. The second kappa shape index (κ2) is 7.46. The molecule has 1 unspecified atom stereocenters. The summed E-state index contributed by atoms with van der Waals surface area (Å²) >= 11 is 1.87. The van der Waals surface area contributed by atoms with Crippen LogP contribution in [0.15, 0.2) is 47.6 Å². The Bertz CT molecular complexity index is 540. The topological polar surface area (TPSA) is 24.9 Å². The summed E-state index contributed by atoms with van der Waals surface area (Å²) in [6.07, 6.45) is 3.70. The Balaban J connectivity index is 2.10. The van der Waals surface area contributed by atoms with Gasteiger partial charge in [-0.25, -0.2) is 0 Å². The van der Waals surface area contributed by atoms with E-state index >= 15 is 0 Å². The van der Waals surface area contributed by atoms with E-state index in [1.165, 1.54) is 21.6 Å². The van der Waals surface area contributed by atoms with Gasteiger partial charge in [0.2, 0.25) is 0 Å². The van der Waals surface area contributed by atoms with E-state index in [4.69, 9.17) is 0 Å². The van der Waals surface area contributed by atoms with Crippen LogP contribution in [0.25, 0.3) is 0 Å². The van der Waals surface area contributed by atoms with Gasteiger partial charge in [0, 0.05) is 29.1 Å². The van der Waals surface area contributed by atoms with E-state index in [0.717, 1.165) is 12.3 Å². The predicted octanol–water partition coefficient (Wildman–Crippen LogP) is 4.14. The van der Waals surface area contributed by atoms with Gasteiger partial charge in [0.15, 0.2) is 0 Å². The van der Waals surface area contributed by atoms with E-state index in [9.17, 15) is 0 Å². The highest BCUT2D eigenvalue weighted by Gasteiger charge is 2.13. The molecule has 2 rings (SSSR count). The number of aryl methyl sites for hydroxylation is 2. The summed E-state index contributed by atoms with van der Waals surface area (Å²) in [5, 5.41) is 3.59. The van der Waals surface area contributed by atoms with E-state index in [0.29, 0.717) is 6.04 Å². The second-order valence-electron chi connectivity index (χ2n) is 4.96.